The van der Waals surface area contributed by atoms with Gasteiger partial charge in [0.15, 0.2) is 0 Å². The number of hydrogen-bond donors (Lipinski definition) is 0. The molecular weight excluding hydrogens is 237 g/mol. The van der Waals surface area contributed by atoms with Gasteiger partial charge in [0.1, 0.15) is 5.82 Å². The maximum atomic E-state index is 13.5. The highest BCUT2D eigenvalue weighted by Gasteiger charge is 2.11. The number of nitrogens with zero attached hydrogens (tertiary/aromatic N) is 3. The van der Waals surface area contributed by atoms with Crippen LogP contribution in [0, 0.1) is 17.7 Å². The first-order valence-corrected chi connectivity index (χ1v) is 5.06. The number of esters is 1. The lowest BCUT2D eigenvalue weighted by molar-refractivity contribution is 0.0595. The van der Waals surface area contributed by atoms with Crippen molar-refractivity contribution in [3.05, 3.63) is 45.6 Å². The molecule has 6 heteroatoms. The van der Waals surface area contributed by atoms with Crippen LogP contribution in [0.15, 0.2) is 23.3 Å². The van der Waals surface area contributed by atoms with Gasteiger partial charge in [-0.2, -0.15) is 0 Å². The fourth-order valence-electron chi connectivity index (χ4n) is 1.18. The Hall–Kier alpha value is -2.51. The smallest absolute Gasteiger partial charge is 0.340 e. The van der Waals surface area contributed by atoms with Crippen LogP contribution < -0.4 is 0 Å². The van der Waals surface area contributed by atoms with Crippen molar-refractivity contribution < 1.29 is 13.9 Å². The fourth-order valence-corrected chi connectivity index (χ4v) is 1.18. The van der Waals surface area contributed by atoms with Gasteiger partial charge in [-0.15, -0.1) is 0 Å². The summed E-state index contributed by atoms with van der Waals surface area (Å²) in [7, 11) is 1.19. The van der Waals surface area contributed by atoms with E-state index >= 15 is 0 Å². The summed E-state index contributed by atoms with van der Waals surface area (Å²) in [6.45, 7) is 0.270. The molecule has 0 spiro atoms. The monoisotopic (exact) mass is 247 g/mol. The van der Waals surface area contributed by atoms with Gasteiger partial charge in [-0.25, -0.2) is 9.18 Å². The summed E-state index contributed by atoms with van der Waals surface area (Å²) in [5, 5.41) is 3.31. The Bertz CT molecular complexity index is 554. The number of halogens is 1. The SMILES string of the molecule is COC(=O)c1ccc(C#CCCN=[N+]=[N-])cc1F. The van der Waals surface area contributed by atoms with Crippen LogP contribution in [-0.2, 0) is 4.74 Å². The molecule has 0 aliphatic carbocycles. The Balaban J connectivity index is 2.78. The van der Waals surface area contributed by atoms with Gasteiger partial charge < -0.3 is 4.74 Å². The lowest BCUT2D eigenvalue weighted by atomic mass is 10.1. The van der Waals surface area contributed by atoms with E-state index in [-0.39, 0.29) is 12.1 Å². The maximum absolute atomic E-state index is 13.5. The Morgan fingerprint density at radius 3 is 3.00 bits per heavy atom. The first-order chi connectivity index (χ1) is 8.69. The second-order valence-electron chi connectivity index (χ2n) is 3.19. The normalized spacial score (nSPS) is 8.78. The van der Waals surface area contributed by atoms with Crippen LogP contribution >= 0.6 is 0 Å². The zero-order chi connectivity index (χ0) is 13.4. The quantitative estimate of drug-likeness (QED) is 0.205. The zero-order valence-corrected chi connectivity index (χ0v) is 9.68. The molecule has 92 valence electrons. The highest BCUT2D eigenvalue weighted by molar-refractivity contribution is 5.89. The van der Waals surface area contributed by atoms with Crippen molar-refractivity contribution in [2.75, 3.05) is 13.7 Å². The average molecular weight is 247 g/mol. The van der Waals surface area contributed by atoms with Crippen LogP contribution in [0.2, 0.25) is 0 Å². The van der Waals surface area contributed by atoms with E-state index in [0.717, 1.165) is 6.07 Å². The van der Waals surface area contributed by atoms with E-state index in [0.29, 0.717) is 12.0 Å². The molecule has 18 heavy (non-hydrogen) atoms. The van der Waals surface area contributed by atoms with Crippen molar-refractivity contribution in [2.24, 2.45) is 5.11 Å². The molecule has 1 rings (SSSR count). The van der Waals surface area contributed by atoms with Crippen LogP contribution in [-0.4, -0.2) is 19.6 Å². The molecule has 0 atom stereocenters. The largest absolute Gasteiger partial charge is 0.465 e. The third-order valence-electron chi connectivity index (χ3n) is 2.01. The number of carbonyl (C=O) groups excluding carboxylic acids is 1. The van der Waals surface area contributed by atoms with Crippen molar-refractivity contribution in [3.63, 3.8) is 0 Å². The van der Waals surface area contributed by atoms with Gasteiger partial charge in [0, 0.05) is 23.4 Å². The Kier molecular flexibility index (Phi) is 5.23. The van der Waals surface area contributed by atoms with Crippen molar-refractivity contribution in [3.8, 4) is 11.8 Å². The summed E-state index contributed by atoms with van der Waals surface area (Å²) >= 11 is 0. The number of ether oxygens (including phenoxy) is 1. The highest BCUT2D eigenvalue weighted by Crippen LogP contribution is 2.10. The van der Waals surface area contributed by atoms with Crippen molar-refractivity contribution in [2.45, 2.75) is 6.42 Å². The molecule has 0 N–H and O–H groups in total. The topological polar surface area (TPSA) is 75.1 Å². The molecule has 0 heterocycles. The maximum Gasteiger partial charge on any atom is 0.340 e. The number of hydrogen-bond acceptors (Lipinski definition) is 3. The molecule has 0 amide bonds. The lowest BCUT2D eigenvalue weighted by Gasteiger charge is -2.00. The summed E-state index contributed by atoms with van der Waals surface area (Å²) in [5.74, 6) is 4.03. The number of carbonyl (C=O) groups is 1. The predicted molar refractivity (Wildman–Crippen MR) is 63.2 cm³/mol. The molecule has 1 aromatic rings. The lowest BCUT2D eigenvalue weighted by Crippen LogP contribution is -2.04. The van der Waals surface area contributed by atoms with E-state index in [1.54, 1.807) is 0 Å². The zero-order valence-electron chi connectivity index (χ0n) is 9.68. The van der Waals surface area contributed by atoms with Crippen LogP contribution in [0.4, 0.5) is 4.39 Å². The van der Waals surface area contributed by atoms with Gasteiger partial charge in [0.05, 0.1) is 12.7 Å². The summed E-state index contributed by atoms with van der Waals surface area (Å²) in [6, 6.07) is 4.00. The minimum Gasteiger partial charge on any atom is -0.465 e. The third-order valence-corrected chi connectivity index (χ3v) is 2.01. The summed E-state index contributed by atoms with van der Waals surface area (Å²) < 4.78 is 17.9. The molecule has 0 unspecified atom stereocenters. The summed E-state index contributed by atoms with van der Waals surface area (Å²) in [5.41, 5.74) is 8.36. The van der Waals surface area contributed by atoms with Gasteiger partial charge in [0.2, 0.25) is 0 Å². The first-order valence-electron chi connectivity index (χ1n) is 5.06. The second kappa shape index (κ2) is 6.94. The van der Waals surface area contributed by atoms with Gasteiger partial charge in [-0.05, 0) is 23.7 Å². The Morgan fingerprint density at radius 1 is 1.61 bits per heavy atom. The highest BCUT2D eigenvalue weighted by atomic mass is 19.1. The average Bonchev–Trinajstić information content (AvgIpc) is 2.38. The van der Waals surface area contributed by atoms with Gasteiger partial charge in [-0.3, -0.25) is 0 Å². The van der Waals surface area contributed by atoms with Crippen LogP contribution in [0.1, 0.15) is 22.3 Å². The number of benzene rings is 1. The van der Waals surface area contributed by atoms with Crippen LogP contribution in [0.5, 0.6) is 0 Å². The first kappa shape index (κ1) is 13.6. The van der Waals surface area contributed by atoms with E-state index in [1.165, 1.54) is 19.2 Å². The van der Waals surface area contributed by atoms with E-state index < -0.39 is 11.8 Å². The summed E-state index contributed by atoms with van der Waals surface area (Å²) in [6.07, 6.45) is 0.393. The second-order valence-corrected chi connectivity index (χ2v) is 3.19. The molecule has 0 bridgehead atoms. The van der Waals surface area contributed by atoms with Crippen LogP contribution in [0.3, 0.4) is 0 Å². The van der Waals surface area contributed by atoms with Gasteiger partial charge in [0.25, 0.3) is 0 Å². The third kappa shape index (κ3) is 3.81. The minimum atomic E-state index is -0.727. The predicted octanol–water partition coefficient (Wildman–Crippen LogP) is 2.66. The van der Waals surface area contributed by atoms with E-state index in [9.17, 15) is 9.18 Å². The summed E-state index contributed by atoms with van der Waals surface area (Å²) in [4.78, 5) is 13.7. The molecule has 1 aromatic carbocycles. The Labute approximate surface area is 103 Å². The molecule has 0 fully saturated rings. The van der Waals surface area contributed by atoms with Crippen molar-refractivity contribution in [1.82, 2.24) is 0 Å². The van der Waals surface area contributed by atoms with Crippen molar-refractivity contribution in [1.29, 1.82) is 0 Å². The van der Waals surface area contributed by atoms with Crippen molar-refractivity contribution >= 4 is 5.97 Å². The fraction of sp³-hybridized carbons (Fsp3) is 0.250. The molecule has 0 saturated heterocycles. The van der Waals surface area contributed by atoms with E-state index in [2.05, 4.69) is 26.6 Å². The molecule has 0 aliphatic rings. The number of rotatable bonds is 3. The molecular formula is C12H10FN3O2. The Morgan fingerprint density at radius 2 is 2.39 bits per heavy atom. The minimum absolute atomic E-state index is 0.128. The van der Waals surface area contributed by atoms with Gasteiger partial charge in [-0.1, -0.05) is 17.0 Å². The molecule has 0 radical (unpaired) electrons. The van der Waals surface area contributed by atoms with E-state index in [1.807, 2.05) is 0 Å². The molecule has 0 saturated carbocycles. The number of methoxy groups -OCH3 is 1. The molecule has 0 aliphatic heterocycles. The standard InChI is InChI=1S/C12H10FN3O2/c1-18-12(17)10-6-5-9(8-11(10)13)4-2-3-7-15-16-14/h5-6,8H,3,7H2,1H3. The molecule has 5 nitrogen and oxygen atoms in total. The molecule has 0 aromatic heterocycles. The van der Waals surface area contributed by atoms with Gasteiger partial charge >= 0.3 is 5.97 Å². The van der Waals surface area contributed by atoms with Crippen LogP contribution in [0.25, 0.3) is 10.4 Å². The number of azide groups is 1. The van der Waals surface area contributed by atoms with E-state index in [4.69, 9.17) is 5.53 Å².